The van der Waals surface area contributed by atoms with E-state index in [4.69, 9.17) is 0 Å². The number of nitrogens with zero attached hydrogens (tertiary/aromatic N) is 8. The molecule has 0 aliphatic heterocycles. The zero-order chi connectivity index (χ0) is 100. The van der Waals surface area contributed by atoms with Crippen LogP contribution in [0.3, 0.4) is 0 Å². The predicted molar refractivity (Wildman–Crippen MR) is 630 cm³/mol. The van der Waals surface area contributed by atoms with Crippen LogP contribution in [-0.2, 0) is 80.4 Å². The molecule has 0 unspecified atom stereocenters. The van der Waals surface area contributed by atoms with Gasteiger partial charge in [0.05, 0.1) is 24.2 Å². The quantitative estimate of drug-likeness (QED) is 0.0880. The second-order valence-electron chi connectivity index (χ2n) is 39.4. The van der Waals surface area contributed by atoms with Gasteiger partial charge in [-0.3, -0.25) is 0 Å². The smallest absolute Gasteiger partial charge is 0.0783 e. The topological polar surface area (TPSA) is 103 Å². The molecule has 8 nitrogen and oxygen atoms in total. The third-order valence-electron chi connectivity index (χ3n) is 24.4. The Kier molecular flexibility index (Phi) is 39.9. The molecule has 0 saturated heterocycles. The molecule has 12 aromatic carbocycles. The van der Waals surface area contributed by atoms with E-state index >= 15 is 0 Å². The van der Waals surface area contributed by atoms with Crippen molar-refractivity contribution in [3.05, 3.63) is 460 Å². The van der Waals surface area contributed by atoms with Gasteiger partial charge in [-0.05, 0) is 184 Å². The molecule has 0 aliphatic carbocycles. The van der Waals surface area contributed by atoms with Crippen molar-refractivity contribution in [3.63, 3.8) is 0 Å². The van der Waals surface area contributed by atoms with Gasteiger partial charge in [0.15, 0.2) is 0 Å². The maximum absolute atomic E-state index is 4.55. The number of pyridine rings is 8. The summed E-state index contributed by atoms with van der Waals surface area (Å²) in [6.07, 6.45) is 14.9. The number of hydrogen-bond acceptors (Lipinski definition) is 12. The van der Waals surface area contributed by atoms with Crippen LogP contribution in [0.4, 0.5) is 0 Å². The number of fused-ring (bicyclic) bond motifs is 12. The molecule has 0 aliphatic rings. The first-order valence-corrected chi connectivity index (χ1v) is 65.6. The van der Waals surface area contributed by atoms with Gasteiger partial charge in [0.25, 0.3) is 0 Å². The molecule has 0 atom stereocenters. The van der Waals surface area contributed by atoms with Crippen LogP contribution in [0.5, 0.6) is 0 Å². The third kappa shape index (κ3) is 28.3. The van der Waals surface area contributed by atoms with Crippen molar-refractivity contribution >= 4 is 179 Å². The molecule has 20 heteroatoms. The van der Waals surface area contributed by atoms with Crippen molar-refractivity contribution in [2.45, 2.75) is 106 Å². The van der Waals surface area contributed by atoms with Crippen LogP contribution in [0.1, 0.15) is 22.3 Å². The van der Waals surface area contributed by atoms with Crippen LogP contribution in [0.25, 0.3) is 171 Å². The zero-order valence-corrected chi connectivity index (χ0v) is 102. The number of benzene rings is 12. The van der Waals surface area contributed by atoms with Gasteiger partial charge >= 0.3 is 0 Å². The number of thiophene rings is 4. The molecule has 0 saturated carbocycles. The van der Waals surface area contributed by atoms with E-state index in [1.165, 1.54) is 119 Å². The molecule has 0 fully saturated rings. The molecule has 748 valence electrons. The van der Waals surface area contributed by atoms with Crippen LogP contribution in [0, 0.1) is 76.2 Å². The Morgan fingerprint density at radius 1 is 0.209 bits per heavy atom. The van der Waals surface area contributed by atoms with E-state index in [2.05, 4.69) is 319 Å². The van der Waals surface area contributed by atoms with Gasteiger partial charge in [-0.1, -0.05) is 267 Å². The standard InChI is InChI=1S/4C20H18NSSi.4C12H10N.4Ir/c1-23(2,3)18-12-7-11-17-19(18)15-9-6-8-14(20(15)22-17)16-10-4-5-13-21-16;1-23(2,3)14-10-11-15-16-7-6-8-17(18-9-4-5-12-21-18)20(16)22-19(15)13-14;1-23(2,3)14-10-11-19-17(13-14)15-7-6-8-16(20(15)22-19)18-9-4-5-12-21-18;1-23(2,3)18-12-11-14(16-9-6-7-13-21-16)20-19(18)15-8-4-5-10-17(15)22-20;4*1-10-7-8-12(13-9-10)11-5-3-2-4-6-11;;;;/h3*4-7,9-13H,1-3H3;4-10,12-13H,1-3H3;4*2-5,7-9H,1H3;;;;/q8*-1;;;;. The minimum Gasteiger partial charge on any atom is -0.305 e. The summed E-state index contributed by atoms with van der Waals surface area (Å²) in [5, 5.41) is 17.0. The minimum atomic E-state index is -1.45. The van der Waals surface area contributed by atoms with Crippen molar-refractivity contribution in [1.82, 2.24) is 39.9 Å². The van der Waals surface area contributed by atoms with Crippen molar-refractivity contribution in [1.29, 1.82) is 0 Å². The van der Waals surface area contributed by atoms with Crippen LogP contribution >= 0.6 is 45.3 Å². The van der Waals surface area contributed by atoms with E-state index in [-0.39, 0.29) is 80.4 Å². The Morgan fingerprint density at radius 2 is 0.547 bits per heavy atom. The van der Waals surface area contributed by atoms with E-state index in [0.29, 0.717) is 0 Å². The minimum absolute atomic E-state index is 0. The molecule has 0 spiro atoms. The summed E-state index contributed by atoms with van der Waals surface area (Å²) >= 11 is 7.44. The van der Waals surface area contributed by atoms with Crippen LogP contribution in [0.2, 0.25) is 78.6 Å². The Hall–Kier alpha value is -11.8. The summed E-state index contributed by atoms with van der Waals surface area (Å²) in [6, 6.07) is 143. The van der Waals surface area contributed by atoms with E-state index in [9.17, 15) is 0 Å². The van der Waals surface area contributed by atoms with Gasteiger partial charge in [0.1, 0.15) is 0 Å². The van der Waals surface area contributed by atoms with Gasteiger partial charge in [0, 0.05) is 157 Å². The molecule has 12 heterocycles. The number of aryl methyl sites for hydroxylation is 4. The van der Waals surface area contributed by atoms with Gasteiger partial charge in [-0.15, -0.1) is 238 Å². The Morgan fingerprint density at radius 3 is 0.926 bits per heavy atom. The first-order valence-electron chi connectivity index (χ1n) is 48.4. The normalized spacial score (nSPS) is 11.0. The number of hydrogen-bond donors (Lipinski definition) is 0. The Balaban J connectivity index is 0.000000142. The average Bonchev–Trinajstić information content (AvgIpc) is 1.60. The fourth-order valence-corrected chi connectivity index (χ4v) is 27.4. The van der Waals surface area contributed by atoms with Gasteiger partial charge in [0.2, 0.25) is 0 Å². The fourth-order valence-electron chi connectivity index (χ4n) is 16.7. The molecule has 148 heavy (non-hydrogen) atoms. The second kappa shape index (κ2) is 52.1. The predicted octanol–water partition coefficient (Wildman–Crippen LogP) is 33.3. The second-order valence-corrected chi connectivity index (χ2v) is 63.9. The summed E-state index contributed by atoms with van der Waals surface area (Å²) in [5.41, 5.74) is 21.3. The molecule has 4 radical (unpaired) electrons. The first kappa shape index (κ1) is 113. The van der Waals surface area contributed by atoms with Crippen molar-refractivity contribution in [2.75, 3.05) is 0 Å². The van der Waals surface area contributed by atoms with Crippen molar-refractivity contribution in [2.24, 2.45) is 0 Å². The van der Waals surface area contributed by atoms with Gasteiger partial charge in [-0.25, -0.2) is 0 Å². The Labute approximate surface area is 945 Å². The monoisotopic (exact) mass is 2770 g/mol. The molecule has 12 aromatic heterocycles. The summed E-state index contributed by atoms with van der Waals surface area (Å²) in [7, 11) is -5.44. The molecule has 0 N–H and O–H groups in total. The van der Waals surface area contributed by atoms with Crippen LogP contribution in [0.15, 0.2) is 389 Å². The fraction of sp³-hybridized carbons (Fsp3) is 0.125. The molecule has 0 bridgehead atoms. The van der Waals surface area contributed by atoms with Crippen LogP contribution < -0.4 is 20.7 Å². The van der Waals surface area contributed by atoms with Crippen molar-refractivity contribution in [3.8, 4) is 90.1 Å². The summed E-state index contributed by atoms with van der Waals surface area (Å²) in [6.45, 7) is 37.0. The zero-order valence-electron chi connectivity index (χ0n) is 85.5. The average molecular weight is 2770 g/mol. The summed E-state index contributed by atoms with van der Waals surface area (Å²) in [5.74, 6) is 0. The molecular weight excluding hydrogens is 2660 g/mol. The molecule has 24 aromatic rings. The molecule has 0 amide bonds. The first-order chi connectivity index (χ1) is 69.6. The maximum atomic E-state index is 4.55. The third-order valence-corrected chi connectivity index (χ3v) is 37.3. The molecule has 24 rings (SSSR count). The van der Waals surface area contributed by atoms with E-state index in [1.807, 2.05) is 311 Å². The SMILES string of the molecule is C[Si](C)(C)c1c[c-]c(-c2ccccn2)c2sc3ccccc3c12.C[Si](C)(C)c1ccc2c(c1)sc1c(-c3ccccn3)[c-]ccc12.C[Si](C)(C)c1ccc2sc3c(-c4ccccn4)[c-]ccc3c2c1.C[Si](C)(C)c1cccc2sc3c(-c4ccccn4)[c-]ccc3c12.Cc1ccc(-c2[c-]cccc2)nc1.Cc1ccc(-c2[c-]cccc2)nc1.Cc1ccc(-c2[c-]cccc2)nc1.Cc1ccc(-c2[c-]cccc2)nc1.[Ir].[Ir].[Ir].[Ir]. The summed E-state index contributed by atoms with van der Waals surface area (Å²) < 4.78 is 10.6. The van der Waals surface area contributed by atoms with E-state index in [0.717, 1.165) is 90.1 Å². The molecular formula is C128H112Ir4N8S4Si4-8. The van der Waals surface area contributed by atoms with Gasteiger partial charge < -0.3 is 39.9 Å². The van der Waals surface area contributed by atoms with E-state index in [1.54, 1.807) is 5.19 Å². The number of aromatic nitrogens is 8. The van der Waals surface area contributed by atoms with Gasteiger partial charge in [-0.2, -0.15) is 45.3 Å². The summed E-state index contributed by atoms with van der Waals surface area (Å²) in [4.78, 5) is 35.4. The van der Waals surface area contributed by atoms with Crippen LogP contribution in [-0.4, -0.2) is 72.2 Å². The maximum Gasteiger partial charge on any atom is 0.0783 e. The van der Waals surface area contributed by atoms with Crippen molar-refractivity contribution < 1.29 is 80.4 Å². The van der Waals surface area contributed by atoms with E-state index < -0.39 is 32.3 Å². The number of rotatable bonds is 12. The Bertz CT molecular complexity index is 8040. The largest absolute Gasteiger partial charge is 0.305 e.